The maximum Gasteiger partial charge on any atom is 0.273 e. The van der Waals surface area contributed by atoms with E-state index in [2.05, 4.69) is 22.7 Å². The second-order valence-electron chi connectivity index (χ2n) is 5.43. The van der Waals surface area contributed by atoms with Crippen LogP contribution in [0.1, 0.15) is 34.8 Å². The molecular formula is C18H18N2O2. The normalized spacial score (nSPS) is 14.8. The molecule has 1 aliphatic rings. The Morgan fingerprint density at radius 2 is 1.91 bits per heavy atom. The van der Waals surface area contributed by atoms with Gasteiger partial charge in [-0.2, -0.15) is 5.10 Å². The van der Waals surface area contributed by atoms with Gasteiger partial charge in [0, 0.05) is 0 Å². The molecule has 0 aromatic heterocycles. The molecular weight excluding hydrogens is 276 g/mol. The number of nitrogens with zero attached hydrogens (tertiary/aromatic N) is 1. The van der Waals surface area contributed by atoms with Gasteiger partial charge in [0.05, 0.1) is 6.21 Å². The number of benzene rings is 2. The van der Waals surface area contributed by atoms with E-state index in [1.807, 2.05) is 12.1 Å². The lowest BCUT2D eigenvalue weighted by Crippen LogP contribution is -2.25. The lowest BCUT2D eigenvalue weighted by atomic mass is 10.1. The van der Waals surface area contributed by atoms with Crippen molar-refractivity contribution in [3.05, 3.63) is 70.8 Å². The molecule has 3 rings (SSSR count). The first kappa shape index (κ1) is 14.5. The Kier molecular flexibility index (Phi) is 4.30. The zero-order chi connectivity index (χ0) is 15.4. The van der Waals surface area contributed by atoms with Gasteiger partial charge in [-0.1, -0.05) is 42.5 Å². The molecule has 0 unspecified atom stereocenters. The molecule has 2 N–H and O–H groups in total. The molecule has 2 aromatic carbocycles. The summed E-state index contributed by atoms with van der Waals surface area (Å²) in [5.41, 5.74) is 6.64. The van der Waals surface area contributed by atoms with Crippen LogP contribution in [0.25, 0.3) is 0 Å². The summed E-state index contributed by atoms with van der Waals surface area (Å²) in [6.07, 6.45) is 3.85. The van der Waals surface area contributed by atoms with Crippen molar-refractivity contribution in [3.63, 3.8) is 0 Å². The Hall–Kier alpha value is -2.46. The van der Waals surface area contributed by atoms with Gasteiger partial charge in [0.1, 0.15) is 0 Å². The number of aliphatic hydroxyl groups excluding tert-OH is 1. The average Bonchev–Trinajstić information content (AvgIpc) is 3.02. The molecule has 0 fully saturated rings. The van der Waals surface area contributed by atoms with Crippen molar-refractivity contribution in [2.24, 2.45) is 5.10 Å². The Balaban J connectivity index is 1.61. The van der Waals surface area contributed by atoms with Gasteiger partial charge in [-0.05, 0) is 47.6 Å². The molecule has 1 amide bonds. The summed E-state index contributed by atoms with van der Waals surface area (Å²) in [4.78, 5) is 11.8. The number of rotatable bonds is 4. The minimum atomic E-state index is -1.21. The van der Waals surface area contributed by atoms with Gasteiger partial charge in [0.2, 0.25) is 0 Å². The largest absolute Gasteiger partial charge is 0.378 e. The average molecular weight is 294 g/mol. The number of fused-ring (bicyclic) bond motifs is 1. The first-order chi connectivity index (χ1) is 10.7. The lowest BCUT2D eigenvalue weighted by Gasteiger charge is -2.08. The number of aryl methyl sites for hydroxylation is 2. The van der Waals surface area contributed by atoms with Crippen molar-refractivity contribution in [2.45, 2.75) is 25.4 Å². The summed E-state index contributed by atoms with van der Waals surface area (Å²) in [5.74, 6) is -0.538. The maximum atomic E-state index is 11.8. The van der Waals surface area contributed by atoms with Crippen LogP contribution in [-0.2, 0) is 17.6 Å². The third-order valence-electron chi connectivity index (χ3n) is 3.87. The highest BCUT2D eigenvalue weighted by Gasteiger charge is 2.16. The summed E-state index contributed by atoms with van der Waals surface area (Å²) in [7, 11) is 0. The molecule has 0 bridgehead atoms. The van der Waals surface area contributed by atoms with E-state index in [4.69, 9.17) is 0 Å². The van der Waals surface area contributed by atoms with Crippen LogP contribution in [0.15, 0.2) is 53.6 Å². The van der Waals surface area contributed by atoms with E-state index in [1.54, 1.807) is 30.5 Å². The number of carbonyl (C=O) groups is 1. The summed E-state index contributed by atoms with van der Waals surface area (Å²) in [6.45, 7) is 0. The van der Waals surface area contributed by atoms with Gasteiger partial charge in [0.15, 0.2) is 6.10 Å². The molecule has 1 atom stereocenters. The van der Waals surface area contributed by atoms with Gasteiger partial charge in [-0.25, -0.2) is 5.43 Å². The van der Waals surface area contributed by atoms with E-state index in [9.17, 15) is 9.90 Å². The molecule has 112 valence electrons. The number of amides is 1. The van der Waals surface area contributed by atoms with Crippen molar-refractivity contribution in [1.29, 1.82) is 0 Å². The molecule has 0 saturated carbocycles. The number of carbonyl (C=O) groups excluding carboxylic acids is 1. The topological polar surface area (TPSA) is 61.7 Å². The highest BCUT2D eigenvalue weighted by Crippen LogP contribution is 2.22. The molecule has 0 saturated heterocycles. The van der Waals surface area contributed by atoms with E-state index in [-0.39, 0.29) is 0 Å². The number of aliphatic hydroxyl groups is 1. The second-order valence-corrected chi connectivity index (χ2v) is 5.43. The highest BCUT2D eigenvalue weighted by molar-refractivity contribution is 5.85. The van der Waals surface area contributed by atoms with Crippen molar-refractivity contribution >= 4 is 12.1 Å². The van der Waals surface area contributed by atoms with Crippen LogP contribution in [0.4, 0.5) is 0 Å². The van der Waals surface area contributed by atoms with Crippen LogP contribution in [-0.4, -0.2) is 17.2 Å². The van der Waals surface area contributed by atoms with Gasteiger partial charge >= 0.3 is 0 Å². The number of nitrogens with one attached hydrogen (secondary N) is 1. The van der Waals surface area contributed by atoms with Gasteiger partial charge in [-0.3, -0.25) is 4.79 Å². The van der Waals surface area contributed by atoms with E-state index >= 15 is 0 Å². The first-order valence-electron chi connectivity index (χ1n) is 7.42. The van der Waals surface area contributed by atoms with Gasteiger partial charge in [0.25, 0.3) is 5.91 Å². The van der Waals surface area contributed by atoms with E-state index in [0.717, 1.165) is 18.4 Å². The van der Waals surface area contributed by atoms with Crippen LogP contribution >= 0.6 is 0 Å². The molecule has 0 spiro atoms. The molecule has 4 heteroatoms. The summed E-state index contributed by atoms with van der Waals surface area (Å²) in [5, 5.41) is 13.9. The maximum absolute atomic E-state index is 11.8. The summed E-state index contributed by atoms with van der Waals surface area (Å²) < 4.78 is 0. The number of hydrogen-bond acceptors (Lipinski definition) is 3. The van der Waals surface area contributed by atoms with Crippen molar-refractivity contribution in [2.75, 3.05) is 0 Å². The summed E-state index contributed by atoms with van der Waals surface area (Å²) in [6, 6.07) is 15.0. The van der Waals surface area contributed by atoms with E-state index < -0.39 is 12.0 Å². The van der Waals surface area contributed by atoms with Crippen LogP contribution in [0.2, 0.25) is 0 Å². The molecule has 0 aliphatic heterocycles. The Morgan fingerprint density at radius 1 is 1.14 bits per heavy atom. The Labute approximate surface area is 129 Å². The lowest BCUT2D eigenvalue weighted by molar-refractivity contribution is -0.129. The molecule has 0 radical (unpaired) electrons. The molecule has 1 aliphatic carbocycles. The number of hydrogen-bond donors (Lipinski definition) is 2. The van der Waals surface area contributed by atoms with Crippen LogP contribution in [0.5, 0.6) is 0 Å². The van der Waals surface area contributed by atoms with E-state index in [0.29, 0.717) is 5.56 Å². The van der Waals surface area contributed by atoms with Gasteiger partial charge in [-0.15, -0.1) is 0 Å². The van der Waals surface area contributed by atoms with E-state index in [1.165, 1.54) is 17.5 Å². The van der Waals surface area contributed by atoms with Crippen molar-refractivity contribution < 1.29 is 9.90 Å². The standard InChI is InChI=1S/C18H18N2O2/c21-17(15-5-2-1-3-6-15)18(22)20-19-12-13-9-10-14-7-4-8-16(14)11-13/h1-3,5-6,9-12,17,21H,4,7-8H2,(H,20,22)/b19-12+/t17-/m0/s1. The quantitative estimate of drug-likeness (QED) is 0.671. The molecule has 0 heterocycles. The van der Waals surface area contributed by atoms with Crippen molar-refractivity contribution in [1.82, 2.24) is 5.43 Å². The Bertz CT molecular complexity index is 695. The van der Waals surface area contributed by atoms with Crippen LogP contribution in [0.3, 0.4) is 0 Å². The monoisotopic (exact) mass is 294 g/mol. The zero-order valence-corrected chi connectivity index (χ0v) is 12.2. The molecule has 22 heavy (non-hydrogen) atoms. The van der Waals surface area contributed by atoms with Crippen LogP contribution < -0.4 is 5.43 Å². The first-order valence-corrected chi connectivity index (χ1v) is 7.42. The molecule has 4 nitrogen and oxygen atoms in total. The third-order valence-corrected chi connectivity index (χ3v) is 3.87. The zero-order valence-electron chi connectivity index (χ0n) is 12.2. The minimum absolute atomic E-state index is 0.538. The SMILES string of the molecule is O=C(N/N=C/c1ccc2c(c1)CCC2)[C@@H](O)c1ccccc1. The molecule has 2 aromatic rings. The second kappa shape index (κ2) is 6.54. The predicted molar refractivity (Wildman–Crippen MR) is 85.6 cm³/mol. The fourth-order valence-electron chi connectivity index (χ4n) is 2.69. The predicted octanol–water partition coefficient (Wildman–Crippen LogP) is 2.36. The Morgan fingerprint density at radius 3 is 2.73 bits per heavy atom. The van der Waals surface area contributed by atoms with Crippen molar-refractivity contribution in [3.8, 4) is 0 Å². The third kappa shape index (κ3) is 3.23. The highest BCUT2D eigenvalue weighted by atomic mass is 16.3. The fourth-order valence-corrected chi connectivity index (χ4v) is 2.69. The fraction of sp³-hybridized carbons (Fsp3) is 0.222. The van der Waals surface area contributed by atoms with Crippen LogP contribution in [0, 0.1) is 0 Å². The smallest absolute Gasteiger partial charge is 0.273 e. The summed E-state index contributed by atoms with van der Waals surface area (Å²) >= 11 is 0. The number of hydrazone groups is 1. The van der Waals surface area contributed by atoms with Gasteiger partial charge < -0.3 is 5.11 Å². The minimum Gasteiger partial charge on any atom is -0.378 e.